The van der Waals surface area contributed by atoms with Gasteiger partial charge in [-0.2, -0.15) is 0 Å². The first-order chi connectivity index (χ1) is 14.3. The van der Waals surface area contributed by atoms with Crippen molar-refractivity contribution in [2.75, 3.05) is 26.6 Å². The Bertz CT molecular complexity index is 1010. The lowest BCUT2D eigenvalue weighted by Crippen LogP contribution is -2.30. The number of nitrogens with zero attached hydrogens (tertiary/aromatic N) is 2. The summed E-state index contributed by atoms with van der Waals surface area (Å²) < 4.78 is 10.5. The smallest absolute Gasteiger partial charge is 0.242 e. The Morgan fingerprint density at radius 1 is 1.13 bits per heavy atom. The normalized spacial score (nSPS) is 17.4. The largest absolute Gasteiger partial charge is 0.497 e. The molecular formula is C22H25N3O4S. The first-order valence-electron chi connectivity index (χ1n) is 9.44. The fourth-order valence-corrected chi connectivity index (χ4v) is 4.13. The highest BCUT2D eigenvalue weighted by Gasteiger charge is 2.37. The summed E-state index contributed by atoms with van der Waals surface area (Å²) in [6, 6.07) is 11.0. The van der Waals surface area contributed by atoms with Gasteiger partial charge < -0.3 is 14.8 Å². The highest BCUT2D eigenvalue weighted by molar-refractivity contribution is 8.15. The number of aryl methyl sites for hydroxylation is 2. The topological polar surface area (TPSA) is 80.2 Å². The summed E-state index contributed by atoms with van der Waals surface area (Å²) in [4.78, 5) is 31.3. The average Bonchev–Trinajstić information content (AvgIpc) is 2.98. The van der Waals surface area contributed by atoms with Gasteiger partial charge in [0.05, 0.1) is 25.6 Å². The van der Waals surface area contributed by atoms with E-state index >= 15 is 0 Å². The van der Waals surface area contributed by atoms with Gasteiger partial charge >= 0.3 is 0 Å². The number of amides is 2. The summed E-state index contributed by atoms with van der Waals surface area (Å²) >= 11 is 1.30. The van der Waals surface area contributed by atoms with E-state index in [1.807, 2.05) is 32.0 Å². The first-order valence-corrected chi connectivity index (χ1v) is 10.3. The van der Waals surface area contributed by atoms with Gasteiger partial charge in [-0.3, -0.25) is 14.5 Å². The fraction of sp³-hybridized carbons (Fsp3) is 0.318. The van der Waals surface area contributed by atoms with Crippen LogP contribution in [0.1, 0.15) is 17.5 Å². The zero-order valence-electron chi connectivity index (χ0n) is 17.7. The lowest BCUT2D eigenvalue weighted by atomic mass is 10.1. The van der Waals surface area contributed by atoms with Crippen LogP contribution in [-0.2, 0) is 9.59 Å². The molecule has 30 heavy (non-hydrogen) atoms. The Morgan fingerprint density at radius 3 is 2.57 bits per heavy atom. The zero-order valence-corrected chi connectivity index (χ0v) is 18.5. The molecule has 3 rings (SSSR count). The van der Waals surface area contributed by atoms with Gasteiger partial charge in [-0.15, -0.1) is 0 Å². The number of amidine groups is 1. The number of anilines is 1. The Labute approximate surface area is 180 Å². The van der Waals surface area contributed by atoms with E-state index in [2.05, 4.69) is 10.3 Å². The van der Waals surface area contributed by atoms with Gasteiger partial charge in [-0.05, 0) is 49.2 Å². The van der Waals surface area contributed by atoms with Crippen molar-refractivity contribution in [1.29, 1.82) is 0 Å². The van der Waals surface area contributed by atoms with Crippen LogP contribution in [0.3, 0.4) is 0 Å². The molecule has 1 fully saturated rings. The maximum Gasteiger partial charge on any atom is 0.242 e. The van der Waals surface area contributed by atoms with Crippen LogP contribution in [0.2, 0.25) is 0 Å². The minimum absolute atomic E-state index is 0.0367. The number of benzene rings is 2. The van der Waals surface area contributed by atoms with Crippen molar-refractivity contribution >= 4 is 40.1 Å². The molecule has 1 aliphatic rings. The molecule has 0 bridgehead atoms. The molecule has 1 N–H and O–H groups in total. The van der Waals surface area contributed by atoms with Gasteiger partial charge in [0.2, 0.25) is 11.8 Å². The minimum atomic E-state index is -0.524. The van der Waals surface area contributed by atoms with E-state index in [1.54, 1.807) is 32.4 Å². The molecule has 0 aromatic heterocycles. The third-order valence-electron chi connectivity index (χ3n) is 4.91. The summed E-state index contributed by atoms with van der Waals surface area (Å²) in [5.74, 6) is 0.701. The molecule has 0 unspecified atom stereocenters. The molecule has 0 aliphatic carbocycles. The molecule has 8 heteroatoms. The number of thioether (sulfide) groups is 1. The van der Waals surface area contributed by atoms with Crippen LogP contribution in [0.5, 0.6) is 11.5 Å². The molecule has 0 saturated carbocycles. The van der Waals surface area contributed by atoms with Crippen molar-refractivity contribution in [3.05, 3.63) is 47.5 Å². The molecule has 2 aromatic rings. The van der Waals surface area contributed by atoms with E-state index in [-0.39, 0.29) is 18.2 Å². The molecule has 1 atom stereocenters. The van der Waals surface area contributed by atoms with E-state index < -0.39 is 5.25 Å². The quantitative estimate of drug-likeness (QED) is 0.756. The van der Waals surface area contributed by atoms with Gasteiger partial charge in [0.25, 0.3) is 0 Å². The van der Waals surface area contributed by atoms with Crippen molar-refractivity contribution in [2.45, 2.75) is 25.5 Å². The summed E-state index contributed by atoms with van der Waals surface area (Å²) in [5.41, 5.74) is 3.63. The average molecular weight is 428 g/mol. The van der Waals surface area contributed by atoms with Crippen LogP contribution in [-0.4, -0.2) is 48.4 Å². The number of nitrogens with one attached hydrogen (secondary N) is 1. The number of aliphatic imine (C=N–C) groups is 1. The maximum atomic E-state index is 12.6. The van der Waals surface area contributed by atoms with Gasteiger partial charge in [0.1, 0.15) is 16.7 Å². The number of rotatable bonds is 6. The van der Waals surface area contributed by atoms with Crippen molar-refractivity contribution < 1.29 is 19.1 Å². The third kappa shape index (κ3) is 4.76. The molecular weight excluding hydrogens is 402 g/mol. The number of carbonyl (C=O) groups is 2. The SMILES string of the molecule is COc1ccc(NC(=O)C[C@H]2SC(=Nc3ccc(C)c(C)c3)N(C)C2=O)c(OC)c1. The van der Waals surface area contributed by atoms with Crippen LogP contribution in [0.25, 0.3) is 0 Å². The van der Waals surface area contributed by atoms with Crippen LogP contribution in [0.4, 0.5) is 11.4 Å². The molecule has 7 nitrogen and oxygen atoms in total. The Kier molecular flexibility index (Phi) is 6.66. The van der Waals surface area contributed by atoms with Crippen molar-refractivity contribution in [1.82, 2.24) is 4.90 Å². The minimum Gasteiger partial charge on any atom is -0.497 e. The summed E-state index contributed by atoms with van der Waals surface area (Å²) in [7, 11) is 4.76. The molecule has 2 amide bonds. The summed E-state index contributed by atoms with van der Waals surface area (Å²) in [6.45, 7) is 4.06. The van der Waals surface area contributed by atoms with Crippen molar-refractivity contribution in [3.8, 4) is 11.5 Å². The molecule has 0 spiro atoms. The number of ether oxygens (including phenoxy) is 2. The predicted molar refractivity (Wildman–Crippen MR) is 120 cm³/mol. The number of carbonyl (C=O) groups excluding carboxylic acids is 2. The van der Waals surface area contributed by atoms with Gasteiger partial charge in [-0.25, -0.2) is 4.99 Å². The summed E-state index contributed by atoms with van der Waals surface area (Å²) in [5, 5.41) is 2.87. The molecule has 158 valence electrons. The van der Waals surface area contributed by atoms with E-state index in [0.29, 0.717) is 22.4 Å². The Morgan fingerprint density at radius 2 is 1.90 bits per heavy atom. The number of hydrogen-bond acceptors (Lipinski definition) is 6. The van der Waals surface area contributed by atoms with Gasteiger partial charge in [0, 0.05) is 19.5 Å². The summed E-state index contributed by atoms with van der Waals surface area (Å²) in [6.07, 6.45) is 0.0367. The second-order valence-electron chi connectivity index (χ2n) is 6.99. The second kappa shape index (κ2) is 9.21. The highest BCUT2D eigenvalue weighted by Crippen LogP contribution is 2.33. The van der Waals surface area contributed by atoms with Gasteiger partial charge in [-0.1, -0.05) is 17.8 Å². The Balaban J connectivity index is 1.70. The fourth-order valence-electron chi connectivity index (χ4n) is 2.97. The van der Waals surface area contributed by atoms with Crippen LogP contribution in [0, 0.1) is 13.8 Å². The molecule has 2 aromatic carbocycles. The van der Waals surface area contributed by atoms with E-state index in [1.165, 1.54) is 29.3 Å². The lowest BCUT2D eigenvalue weighted by molar-refractivity contribution is -0.127. The molecule has 0 radical (unpaired) electrons. The maximum absolute atomic E-state index is 12.6. The van der Waals surface area contributed by atoms with Crippen molar-refractivity contribution in [2.24, 2.45) is 4.99 Å². The standard InChI is InChI=1S/C22H25N3O4S/c1-13-6-7-15(10-14(13)2)23-22-25(3)21(27)19(30-22)12-20(26)24-17-9-8-16(28-4)11-18(17)29-5/h6-11,19H,12H2,1-5H3,(H,24,26)/t19-/m1/s1. The predicted octanol–water partition coefficient (Wildman–Crippen LogP) is 3.91. The van der Waals surface area contributed by atoms with Crippen molar-refractivity contribution in [3.63, 3.8) is 0 Å². The van der Waals surface area contributed by atoms with Gasteiger partial charge in [0.15, 0.2) is 5.17 Å². The molecule has 1 heterocycles. The Hall–Kier alpha value is -3.00. The first kappa shape index (κ1) is 21.7. The number of hydrogen-bond donors (Lipinski definition) is 1. The molecule has 1 aliphatic heterocycles. The zero-order chi connectivity index (χ0) is 21.8. The monoisotopic (exact) mass is 427 g/mol. The van der Waals surface area contributed by atoms with E-state index in [9.17, 15) is 9.59 Å². The second-order valence-corrected chi connectivity index (χ2v) is 8.16. The van der Waals surface area contributed by atoms with E-state index in [4.69, 9.17) is 9.47 Å². The third-order valence-corrected chi connectivity index (χ3v) is 6.14. The van der Waals surface area contributed by atoms with Crippen LogP contribution < -0.4 is 14.8 Å². The number of methoxy groups -OCH3 is 2. The van der Waals surface area contributed by atoms with Crippen LogP contribution in [0.15, 0.2) is 41.4 Å². The van der Waals surface area contributed by atoms with E-state index in [0.717, 1.165) is 11.3 Å². The lowest BCUT2D eigenvalue weighted by Gasteiger charge is -2.12. The molecule has 1 saturated heterocycles. The highest BCUT2D eigenvalue weighted by atomic mass is 32.2. The van der Waals surface area contributed by atoms with Crippen LogP contribution >= 0.6 is 11.8 Å².